The fourth-order valence-electron chi connectivity index (χ4n) is 4.28. The van der Waals surface area contributed by atoms with E-state index < -0.39 is 5.56 Å². The van der Waals surface area contributed by atoms with Crippen molar-refractivity contribution in [2.45, 2.75) is 52.1 Å². The van der Waals surface area contributed by atoms with Crippen LogP contribution in [0.4, 0.5) is 5.82 Å². The number of nitrogens with one attached hydrogen (secondary N) is 2. The predicted molar refractivity (Wildman–Crippen MR) is 132 cm³/mol. The Hall–Kier alpha value is -3.74. The molecule has 0 spiro atoms. The van der Waals surface area contributed by atoms with Crippen molar-refractivity contribution in [3.05, 3.63) is 82.3 Å². The maximum Gasteiger partial charge on any atom is 0.294 e. The normalized spacial score (nSPS) is 15.8. The smallest absolute Gasteiger partial charge is 0.294 e. The number of fused-ring (bicyclic) bond motifs is 1. The third kappa shape index (κ3) is 5.09. The molecule has 3 aromatic rings. The zero-order valence-corrected chi connectivity index (χ0v) is 19.6. The largest absolute Gasteiger partial charge is 0.348 e. The summed E-state index contributed by atoms with van der Waals surface area (Å²) in [6.07, 6.45) is 5.04. The number of hydrogen-bond acceptors (Lipinski definition) is 4. The van der Waals surface area contributed by atoms with Gasteiger partial charge in [-0.25, -0.2) is 4.98 Å². The first-order chi connectivity index (χ1) is 16.5. The Labute approximate surface area is 199 Å². The highest BCUT2D eigenvalue weighted by molar-refractivity contribution is 5.91. The van der Waals surface area contributed by atoms with Gasteiger partial charge in [-0.15, -0.1) is 0 Å². The zero-order chi connectivity index (χ0) is 24.1. The van der Waals surface area contributed by atoms with E-state index in [9.17, 15) is 14.4 Å². The maximum atomic E-state index is 13.3. The van der Waals surface area contributed by atoms with Gasteiger partial charge in [-0.3, -0.25) is 19.0 Å². The molecule has 0 aliphatic heterocycles. The lowest BCUT2D eigenvalue weighted by atomic mass is 9.88. The fourth-order valence-corrected chi connectivity index (χ4v) is 4.28. The second-order valence-electron chi connectivity index (χ2n) is 8.76. The number of aromatic nitrogens is 2. The molecule has 7 nitrogen and oxygen atoms in total. The second-order valence-corrected chi connectivity index (χ2v) is 8.76. The highest BCUT2D eigenvalue weighted by Crippen LogP contribution is 2.29. The van der Waals surface area contributed by atoms with E-state index in [0.29, 0.717) is 12.1 Å². The van der Waals surface area contributed by atoms with E-state index in [4.69, 9.17) is 0 Å². The third-order valence-electron chi connectivity index (χ3n) is 6.43. The van der Waals surface area contributed by atoms with Crippen LogP contribution in [0.25, 0.3) is 11.3 Å². The lowest BCUT2D eigenvalue weighted by Gasteiger charge is -2.26. The van der Waals surface area contributed by atoms with Crippen molar-refractivity contribution in [1.82, 2.24) is 14.9 Å². The third-order valence-corrected chi connectivity index (χ3v) is 6.43. The average molecular weight is 459 g/mol. The van der Waals surface area contributed by atoms with E-state index >= 15 is 0 Å². The number of anilines is 1. The molecule has 0 radical (unpaired) electrons. The summed E-state index contributed by atoms with van der Waals surface area (Å²) in [5, 5.41) is 5.74. The summed E-state index contributed by atoms with van der Waals surface area (Å²) in [7, 11) is 0. The minimum absolute atomic E-state index is 0.0687. The molecule has 0 unspecified atom stereocenters. The van der Waals surface area contributed by atoms with Crippen LogP contribution in [0, 0.1) is 5.92 Å². The maximum absolute atomic E-state index is 13.3. The molecule has 7 heteroatoms. The van der Waals surface area contributed by atoms with Gasteiger partial charge in [0, 0.05) is 5.92 Å². The van der Waals surface area contributed by atoms with Crippen LogP contribution in [0.3, 0.4) is 0 Å². The Morgan fingerprint density at radius 3 is 2.62 bits per heavy atom. The van der Waals surface area contributed by atoms with E-state index in [0.717, 1.165) is 30.4 Å². The summed E-state index contributed by atoms with van der Waals surface area (Å²) in [6.45, 7) is 3.53. The molecule has 176 valence electrons. The molecule has 4 rings (SSSR count). The van der Waals surface area contributed by atoms with Gasteiger partial charge in [0.05, 0.1) is 17.9 Å². The number of benzene rings is 2. The van der Waals surface area contributed by atoms with Gasteiger partial charge in [-0.05, 0) is 42.4 Å². The van der Waals surface area contributed by atoms with E-state index in [1.807, 2.05) is 49.4 Å². The van der Waals surface area contributed by atoms with Gasteiger partial charge < -0.3 is 10.6 Å². The minimum atomic E-state index is -0.503. The van der Waals surface area contributed by atoms with Crippen molar-refractivity contribution in [2.24, 2.45) is 5.92 Å². The monoisotopic (exact) mass is 458 g/mol. The predicted octanol–water partition coefficient (Wildman–Crippen LogP) is 4.09. The van der Waals surface area contributed by atoms with E-state index in [2.05, 4.69) is 27.8 Å². The first-order valence-corrected chi connectivity index (χ1v) is 11.8. The molecule has 1 aromatic heterocycles. The Kier molecular flexibility index (Phi) is 7.21. The van der Waals surface area contributed by atoms with Crippen LogP contribution in [0.5, 0.6) is 0 Å². The summed E-state index contributed by atoms with van der Waals surface area (Å²) in [6, 6.07) is 17.4. The van der Waals surface area contributed by atoms with Crippen LogP contribution in [0.1, 0.15) is 50.3 Å². The van der Waals surface area contributed by atoms with Crippen molar-refractivity contribution in [1.29, 1.82) is 0 Å². The standard InChI is InChI=1S/C27H30N4O3/c1-3-18(2)26(33)30-25-27(34)31(23(16-28-25)20-11-5-4-6-12-20)17-24(32)29-22-15-9-13-19-10-7-8-14-21(19)22/h4-8,10-12,14,16,18,22H,3,9,13,15,17H2,1-2H3,(H,29,32)(H,28,30,33)/t18-,22-/m1/s1. The summed E-state index contributed by atoms with van der Waals surface area (Å²) in [5.74, 6) is -0.848. The molecule has 0 bridgehead atoms. The highest BCUT2D eigenvalue weighted by atomic mass is 16.2. The quantitative estimate of drug-likeness (QED) is 0.558. The van der Waals surface area contributed by atoms with Gasteiger partial charge in [0.1, 0.15) is 6.54 Å². The van der Waals surface area contributed by atoms with Crippen molar-refractivity contribution in [3.63, 3.8) is 0 Å². The highest BCUT2D eigenvalue weighted by Gasteiger charge is 2.23. The van der Waals surface area contributed by atoms with Gasteiger partial charge in [0.15, 0.2) is 5.82 Å². The Balaban J connectivity index is 1.63. The van der Waals surface area contributed by atoms with Crippen molar-refractivity contribution < 1.29 is 9.59 Å². The second kappa shape index (κ2) is 10.5. The Morgan fingerprint density at radius 2 is 1.85 bits per heavy atom. The molecule has 2 amide bonds. The number of nitrogens with zero attached hydrogens (tertiary/aromatic N) is 2. The number of rotatable bonds is 7. The zero-order valence-electron chi connectivity index (χ0n) is 19.6. The molecule has 34 heavy (non-hydrogen) atoms. The lowest BCUT2D eigenvalue weighted by Crippen LogP contribution is -2.37. The van der Waals surface area contributed by atoms with Gasteiger partial charge >= 0.3 is 0 Å². The van der Waals surface area contributed by atoms with Crippen molar-refractivity contribution >= 4 is 17.6 Å². The van der Waals surface area contributed by atoms with Crippen LogP contribution < -0.4 is 16.2 Å². The van der Waals surface area contributed by atoms with Gasteiger partial charge in [-0.1, -0.05) is 68.4 Å². The number of carbonyl (C=O) groups excluding carboxylic acids is 2. The SMILES string of the molecule is CC[C@@H](C)C(=O)Nc1ncc(-c2ccccc2)n(CC(=O)N[C@@H]2CCCc3ccccc32)c1=O. The van der Waals surface area contributed by atoms with Crippen LogP contribution in [-0.4, -0.2) is 21.4 Å². The topological polar surface area (TPSA) is 93.1 Å². The van der Waals surface area contributed by atoms with Crippen molar-refractivity contribution in [2.75, 3.05) is 5.32 Å². The van der Waals surface area contributed by atoms with Gasteiger partial charge in [0.25, 0.3) is 5.56 Å². The first-order valence-electron chi connectivity index (χ1n) is 11.8. The van der Waals surface area contributed by atoms with E-state index in [1.165, 1.54) is 16.3 Å². The first kappa shape index (κ1) is 23.4. The number of aryl methyl sites for hydroxylation is 1. The molecule has 0 saturated carbocycles. The van der Waals surface area contributed by atoms with Crippen LogP contribution in [0.2, 0.25) is 0 Å². The van der Waals surface area contributed by atoms with Crippen LogP contribution in [0.15, 0.2) is 65.6 Å². The molecular weight excluding hydrogens is 428 g/mol. The van der Waals surface area contributed by atoms with E-state index in [1.54, 1.807) is 6.92 Å². The van der Waals surface area contributed by atoms with Gasteiger partial charge in [0.2, 0.25) is 11.8 Å². The van der Waals surface area contributed by atoms with Crippen molar-refractivity contribution in [3.8, 4) is 11.3 Å². The minimum Gasteiger partial charge on any atom is -0.348 e. The lowest BCUT2D eigenvalue weighted by molar-refractivity contribution is -0.122. The molecule has 1 aliphatic rings. The van der Waals surface area contributed by atoms with E-state index in [-0.39, 0.29) is 36.1 Å². The summed E-state index contributed by atoms with van der Waals surface area (Å²) < 4.78 is 1.39. The summed E-state index contributed by atoms with van der Waals surface area (Å²) >= 11 is 0. The molecular formula is C27H30N4O3. The molecule has 2 aromatic carbocycles. The number of amides is 2. The van der Waals surface area contributed by atoms with Crippen LogP contribution >= 0.6 is 0 Å². The Bertz CT molecular complexity index is 1240. The molecule has 2 N–H and O–H groups in total. The summed E-state index contributed by atoms with van der Waals surface area (Å²) in [4.78, 5) is 43.1. The molecule has 1 aliphatic carbocycles. The molecule has 2 atom stereocenters. The van der Waals surface area contributed by atoms with Gasteiger partial charge in [-0.2, -0.15) is 0 Å². The molecule has 0 saturated heterocycles. The Morgan fingerprint density at radius 1 is 1.12 bits per heavy atom. The number of hydrogen-bond donors (Lipinski definition) is 2. The molecule has 1 heterocycles. The number of carbonyl (C=O) groups is 2. The average Bonchev–Trinajstić information content (AvgIpc) is 2.86. The fraction of sp³-hybridized carbons (Fsp3) is 0.333. The van der Waals surface area contributed by atoms with Crippen LogP contribution in [-0.2, 0) is 22.6 Å². The summed E-state index contributed by atoms with van der Waals surface area (Å²) in [5.41, 5.74) is 3.17. The molecule has 0 fully saturated rings.